The van der Waals surface area contributed by atoms with E-state index in [9.17, 15) is 9.67 Å². The van der Waals surface area contributed by atoms with Crippen molar-refractivity contribution in [3.05, 3.63) is 104 Å². The lowest BCUT2D eigenvalue weighted by Gasteiger charge is -2.30. The van der Waals surface area contributed by atoms with Crippen LogP contribution in [0.3, 0.4) is 0 Å². The summed E-state index contributed by atoms with van der Waals surface area (Å²) in [5.41, 5.74) is 3.50. The van der Waals surface area contributed by atoms with Crippen LogP contribution in [0.4, 0.5) is 0 Å². The molecule has 0 aromatic heterocycles. The van der Waals surface area contributed by atoms with Crippen LogP contribution >= 0.6 is 7.37 Å². The van der Waals surface area contributed by atoms with Crippen molar-refractivity contribution in [2.45, 2.75) is 0 Å². The summed E-state index contributed by atoms with van der Waals surface area (Å²) >= 11 is 0. The summed E-state index contributed by atoms with van der Waals surface area (Å²) in [5.74, 6) is 0.920. The fraction of sp³-hybridized carbons (Fsp3) is 0.0370. The van der Waals surface area contributed by atoms with Gasteiger partial charge in [-0.25, -0.2) is 0 Å². The molecule has 0 amide bonds. The average Bonchev–Trinajstić information content (AvgIpc) is 2.84. The molecule has 0 bridgehead atoms. The Kier molecular flexibility index (Phi) is 5.08. The third kappa shape index (κ3) is 3.30. The van der Waals surface area contributed by atoms with Gasteiger partial charge in [-0.05, 0) is 35.4 Å². The molecule has 4 aromatic rings. The summed E-state index contributed by atoms with van der Waals surface area (Å²) in [6.45, 7) is 3.96. The molecular formula is C27H21O4P. The summed E-state index contributed by atoms with van der Waals surface area (Å²) in [6, 6.07) is 27.9. The third-order valence-electron chi connectivity index (χ3n) is 5.46. The number of rotatable bonds is 5. The Morgan fingerprint density at radius 3 is 2.38 bits per heavy atom. The predicted molar refractivity (Wildman–Crippen MR) is 129 cm³/mol. The molecule has 4 aromatic carbocycles. The van der Waals surface area contributed by atoms with E-state index in [2.05, 4.69) is 6.58 Å². The molecule has 0 radical (unpaired) electrons. The number of phenolic OH excluding ortho intramolecular Hbond substituents is 1. The molecule has 158 valence electrons. The molecule has 5 heteroatoms. The number of phenols is 1. The van der Waals surface area contributed by atoms with E-state index in [1.807, 2.05) is 66.7 Å². The average molecular weight is 440 g/mol. The second-order valence-corrected chi connectivity index (χ2v) is 9.71. The van der Waals surface area contributed by atoms with Gasteiger partial charge in [0.05, 0.1) is 10.6 Å². The highest BCUT2D eigenvalue weighted by Gasteiger charge is 2.40. The smallest absolute Gasteiger partial charge is 0.311 e. The van der Waals surface area contributed by atoms with Gasteiger partial charge in [-0.3, -0.25) is 4.57 Å². The molecule has 1 atom stereocenters. The number of aromatic hydroxyl groups is 1. The van der Waals surface area contributed by atoms with Crippen molar-refractivity contribution in [3.8, 4) is 39.5 Å². The largest absolute Gasteiger partial charge is 0.507 e. The minimum atomic E-state index is -3.69. The van der Waals surface area contributed by atoms with Crippen LogP contribution in [-0.4, -0.2) is 11.7 Å². The van der Waals surface area contributed by atoms with Crippen molar-refractivity contribution < 1.29 is 18.9 Å². The number of hydrogen-bond donors (Lipinski definition) is 1. The Labute approximate surface area is 186 Å². The van der Waals surface area contributed by atoms with Gasteiger partial charge in [-0.1, -0.05) is 79.4 Å². The Balaban J connectivity index is 1.75. The maximum absolute atomic E-state index is 14.6. The molecule has 32 heavy (non-hydrogen) atoms. The van der Waals surface area contributed by atoms with Gasteiger partial charge in [0.2, 0.25) is 0 Å². The number of ether oxygens (including phenoxy) is 1. The lowest BCUT2D eigenvalue weighted by molar-refractivity contribution is 0.362. The van der Waals surface area contributed by atoms with Crippen molar-refractivity contribution >= 4 is 18.0 Å². The molecule has 1 N–H and O–H groups in total. The molecule has 0 spiro atoms. The molecule has 0 fully saturated rings. The van der Waals surface area contributed by atoms with Crippen LogP contribution in [-0.2, 0) is 4.57 Å². The quantitative estimate of drug-likeness (QED) is 0.310. The maximum Gasteiger partial charge on any atom is 0.311 e. The zero-order chi connectivity index (χ0) is 22.1. The Bertz CT molecular complexity index is 1350. The normalized spacial score (nSPS) is 16.4. The van der Waals surface area contributed by atoms with Crippen molar-refractivity contribution in [1.29, 1.82) is 0 Å². The number of para-hydroxylation sites is 1. The first kappa shape index (κ1) is 20.2. The van der Waals surface area contributed by atoms with Gasteiger partial charge in [-0.15, -0.1) is 0 Å². The van der Waals surface area contributed by atoms with Crippen LogP contribution in [0.15, 0.2) is 104 Å². The third-order valence-corrected chi connectivity index (χ3v) is 7.92. The molecule has 1 unspecified atom stereocenters. The summed E-state index contributed by atoms with van der Waals surface area (Å²) in [5, 5.41) is 11.5. The van der Waals surface area contributed by atoms with Gasteiger partial charge >= 0.3 is 7.37 Å². The van der Waals surface area contributed by atoms with Gasteiger partial charge in [0.1, 0.15) is 23.9 Å². The van der Waals surface area contributed by atoms with Gasteiger partial charge < -0.3 is 14.4 Å². The second kappa shape index (κ2) is 8.07. The minimum Gasteiger partial charge on any atom is -0.507 e. The zero-order valence-electron chi connectivity index (χ0n) is 17.3. The molecular weight excluding hydrogens is 419 g/mol. The van der Waals surface area contributed by atoms with Crippen molar-refractivity contribution in [2.75, 3.05) is 6.61 Å². The molecule has 1 aliphatic rings. The zero-order valence-corrected chi connectivity index (χ0v) is 18.2. The Morgan fingerprint density at radius 2 is 1.56 bits per heavy atom. The van der Waals surface area contributed by atoms with Crippen molar-refractivity contribution in [2.24, 2.45) is 0 Å². The summed E-state index contributed by atoms with van der Waals surface area (Å²) in [7, 11) is -3.69. The van der Waals surface area contributed by atoms with Crippen LogP contribution < -0.4 is 19.9 Å². The van der Waals surface area contributed by atoms with E-state index >= 15 is 0 Å². The lowest BCUT2D eigenvalue weighted by atomic mass is 9.97. The summed E-state index contributed by atoms with van der Waals surface area (Å²) in [6.07, 6.45) is 1.63. The van der Waals surface area contributed by atoms with Crippen LogP contribution in [0.2, 0.25) is 0 Å². The first-order valence-corrected chi connectivity index (χ1v) is 11.9. The van der Waals surface area contributed by atoms with E-state index in [0.29, 0.717) is 23.4 Å². The highest BCUT2D eigenvalue weighted by Crippen LogP contribution is 2.57. The summed E-state index contributed by atoms with van der Waals surface area (Å²) in [4.78, 5) is 0. The number of hydrogen-bond acceptors (Lipinski definition) is 4. The topological polar surface area (TPSA) is 55.8 Å². The molecule has 1 aliphatic heterocycles. The Morgan fingerprint density at radius 1 is 0.844 bits per heavy atom. The fourth-order valence-electron chi connectivity index (χ4n) is 3.99. The van der Waals surface area contributed by atoms with Gasteiger partial charge in [0.15, 0.2) is 0 Å². The lowest BCUT2D eigenvalue weighted by Crippen LogP contribution is -2.26. The fourth-order valence-corrected chi connectivity index (χ4v) is 6.37. The predicted octanol–water partition coefficient (Wildman–Crippen LogP) is 5.91. The minimum absolute atomic E-state index is 0.102. The standard InChI is InChI=1S/C27H21O4P/c1-2-17-30-20-15-16-24(28)26(18-20)32(29)25-14-7-6-11-22(25)23-13-8-12-21(27(23)31-32)19-9-4-3-5-10-19/h2-16,18,28H,1,17H2. The van der Waals surface area contributed by atoms with Gasteiger partial charge in [0.25, 0.3) is 0 Å². The molecule has 5 rings (SSSR count). The van der Waals surface area contributed by atoms with Crippen LogP contribution in [0.1, 0.15) is 0 Å². The second-order valence-electron chi connectivity index (χ2n) is 7.46. The van der Waals surface area contributed by atoms with E-state index in [1.54, 1.807) is 24.3 Å². The van der Waals surface area contributed by atoms with E-state index in [1.165, 1.54) is 6.07 Å². The first-order chi connectivity index (χ1) is 15.6. The maximum atomic E-state index is 14.6. The SMILES string of the molecule is C=CCOc1ccc(O)c(P2(=O)Oc3c(-c4ccccc4)cccc3-c3ccccc32)c1. The number of benzene rings is 4. The highest BCUT2D eigenvalue weighted by atomic mass is 31.2. The van der Waals surface area contributed by atoms with Crippen LogP contribution in [0.25, 0.3) is 22.3 Å². The van der Waals surface area contributed by atoms with Crippen LogP contribution in [0.5, 0.6) is 17.2 Å². The molecule has 0 saturated heterocycles. The van der Waals surface area contributed by atoms with Crippen molar-refractivity contribution in [1.82, 2.24) is 0 Å². The summed E-state index contributed by atoms with van der Waals surface area (Å²) < 4.78 is 26.6. The van der Waals surface area contributed by atoms with E-state index in [0.717, 1.165) is 22.3 Å². The van der Waals surface area contributed by atoms with Crippen LogP contribution in [0, 0.1) is 0 Å². The monoisotopic (exact) mass is 440 g/mol. The van der Waals surface area contributed by atoms with E-state index in [4.69, 9.17) is 9.26 Å². The highest BCUT2D eigenvalue weighted by molar-refractivity contribution is 7.75. The molecule has 0 saturated carbocycles. The van der Waals surface area contributed by atoms with Crippen molar-refractivity contribution in [3.63, 3.8) is 0 Å². The molecule has 4 nitrogen and oxygen atoms in total. The molecule has 0 aliphatic carbocycles. The Hall–Kier alpha value is -3.75. The first-order valence-electron chi connectivity index (χ1n) is 10.3. The number of fused-ring (bicyclic) bond motifs is 3. The van der Waals surface area contributed by atoms with Gasteiger partial charge in [-0.2, -0.15) is 0 Å². The van der Waals surface area contributed by atoms with Gasteiger partial charge in [0, 0.05) is 11.1 Å². The van der Waals surface area contributed by atoms with E-state index in [-0.39, 0.29) is 11.1 Å². The molecule has 1 heterocycles. The van der Waals surface area contributed by atoms with E-state index < -0.39 is 7.37 Å².